The van der Waals surface area contributed by atoms with Crippen LogP contribution >= 0.6 is 11.6 Å². The van der Waals surface area contributed by atoms with Crippen molar-refractivity contribution in [1.29, 1.82) is 0 Å². The van der Waals surface area contributed by atoms with Crippen LogP contribution in [0.25, 0.3) is 0 Å². The number of halogens is 2. The number of rotatable bonds is 3. The summed E-state index contributed by atoms with van der Waals surface area (Å²) in [6.07, 6.45) is 0.648. The number of hydrogen-bond acceptors (Lipinski definition) is 2. The van der Waals surface area contributed by atoms with Gasteiger partial charge in [0.15, 0.2) is 0 Å². The first-order valence-electron chi connectivity index (χ1n) is 9.25. The highest BCUT2D eigenvalue weighted by atomic mass is 35.5. The Morgan fingerprint density at radius 2 is 2.00 bits per heavy atom. The molecule has 4 rings (SSSR count). The van der Waals surface area contributed by atoms with E-state index in [2.05, 4.69) is 5.32 Å². The Hall–Kier alpha value is -2.11. The van der Waals surface area contributed by atoms with Gasteiger partial charge in [0.25, 0.3) is 0 Å². The maximum absolute atomic E-state index is 14.3. The molecule has 0 aliphatic carbocycles. The highest BCUT2D eigenvalue weighted by molar-refractivity contribution is 6.31. The Labute approximate surface area is 163 Å². The third kappa shape index (κ3) is 3.09. The summed E-state index contributed by atoms with van der Waals surface area (Å²) in [5, 5.41) is 4.04. The van der Waals surface area contributed by atoms with Crippen molar-refractivity contribution < 1.29 is 9.18 Å². The van der Waals surface area contributed by atoms with Crippen molar-refractivity contribution in [2.24, 2.45) is 0 Å². The lowest BCUT2D eigenvalue weighted by Gasteiger charge is -2.33. The number of benzene rings is 2. The van der Waals surface area contributed by atoms with E-state index >= 15 is 0 Å². The summed E-state index contributed by atoms with van der Waals surface area (Å²) in [5.41, 5.74) is 1.00. The van der Waals surface area contributed by atoms with Crippen molar-refractivity contribution in [3.05, 3.63) is 64.9 Å². The molecule has 4 nitrogen and oxygen atoms in total. The van der Waals surface area contributed by atoms with Gasteiger partial charge in [-0.15, -0.1) is 0 Å². The van der Waals surface area contributed by atoms with Crippen molar-refractivity contribution in [2.75, 3.05) is 18.0 Å². The Morgan fingerprint density at radius 3 is 2.70 bits per heavy atom. The molecule has 2 heterocycles. The summed E-state index contributed by atoms with van der Waals surface area (Å²) in [7, 11) is 0. The molecule has 2 aromatic carbocycles. The van der Waals surface area contributed by atoms with Gasteiger partial charge in [0, 0.05) is 41.4 Å². The van der Waals surface area contributed by atoms with Crippen molar-refractivity contribution >= 4 is 23.3 Å². The van der Waals surface area contributed by atoms with E-state index in [1.165, 1.54) is 6.07 Å². The zero-order valence-electron chi connectivity index (χ0n) is 15.5. The van der Waals surface area contributed by atoms with Gasteiger partial charge in [0.2, 0.25) is 0 Å². The van der Waals surface area contributed by atoms with Crippen LogP contribution < -0.4 is 10.2 Å². The van der Waals surface area contributed by atoms with Gasteiger partial charge in [0.1, 0.15) is 5.82 Å². The molecule has 0 aromatic heterocycles. The molecule has 1 N–H and O–H groups in total. The summed E-state index contributed by atoms with van der Waals surface area (Å²) >= 11 is 6.19. The first-order chi connectivity index (χ1) is 12.9. The minimum absolute atomic E-state index is 0.0248. The number of nitrogens with zero attached hydrogens (tertiary/aromatic N) is 2. The largest absolute Gasteiger partial charge is 0.325 e. The summed E-state index contributed by atoms with van der Waals surface area (Å²) in [6, 6.07) is 14.2. The first-order valence-corrected chi connectivity index (χ1v) is 9.63. The van der Waals surface area contributed by atoms with E-state index in [-0.39, 0.29) is 23.9 Å². The first kappa shape index (κ1) is 18.3. The van der Waals surface area contributed by atoms with E-state index in [0.717, 1.165) is 5.69 Å². The van der Waals surface area contributed by atoms with Crippen LogP contribution in [-0.4, -0.2) is 35.6 Å². The number of hydrogen-bond donors (Lipinski definition) is 1. The van der Waals surface area contributed by atoms with Crippen LogP contribution in [0.1, 0.15) is 31.9 Å². The van der Waals surface area contributed by atoms with Crippen molar-refractivity contribution in [3.63, 3.8) is 0 Å². The molecule has 2 fully saturated rings. The topological polar surface area (TPSA) is 35.6 Å². The Morgan fingerprint density at radius 1 is 1.22 bits per heavy atom. The minimum atomic E-state index is -0.432. The number of anilines is 1. The molecule has 0 bridgehead atoms. The van der Waals surface area contributed by atoms with Crippen LogP contribution in [0.5, 0.6) is 0 Å². The molecule has 0 saturated carbocycles. The molecule has 6 heteroatoms. The maximum Gasteiger partial charge on any atom is 0.325 e. The lowest BCUT2D eigenvalue weighted by molar-refractivity contribution is 0.206. The standard InChI is InChI=1S/C21H23ClFN3O/c1-14(2)25-13-21(26(20(25)27)16-7-5-6-15(22)10-16)11-19(24-12-21)17-8-3-4-9-18(17)23/h3-10,14,19,24H,11-13H2,1-2H3/t19-,21-/m0/s1. The summed E-state index contributed by atoms with van der Waals surface area (Å²) in [6.45, 7) is 5.25. The fourth-order valence-electron chi connectivity index (χ4n) is 4.30. The zero-order chi connectivity index (χ0) is 19.2. The number of carbonyl (C=O) groups excluding carboxylic acids is 1. The second-order valence-corrected chi connectivity index (χ2v) is 8.14. The number of nitrogens with one attached hydrogen (secondary N) is 1. The zero-order valence-corrected chi connectivity index (χ0v) is 16.2. The summed E-state index contributed by atoms with van der Waals surface area (Å²) in [4.78, 5) is 17.0. The van der Waals surface area contributed by atoms with Crippen LogP contribution in [0.4, 0.5) is 14.9 Å². The molecule has 2 aliphatic heterocycles. The van der Waals surface area contributed by atoms with Gasteiger partial charge in [-0.1, -0.05) is 35.9 Å². The quantitative estimate of drug-likeness (QED) is 0.835. The molecule has 27 heavy (non-hydrogen) atoms. The minimum Gasteiger partial charge on any atom is -0.319 e. The van der Waals surface area contributed by atoms with E-state index in [1.807, 2.05) is 54.0 Å². The molecule has 2 amide bonds. The smallest absolute Gasteiger partial charge is 0.319 e. The van der Waals surface area contributed by atoms with Gasteiger partial charge < -0.3 is 10.2 Å². The lowest BCUT2D eigenvalue weighted by atomic mass is 9.91. The molecule has 1 spiro atoms. The molecular weight excluding hydrogens is 365 g/mol. The van der Waals surface area contributed by atoms with Gasteiger partial charge in [-0.2, -0.15) is 0 Å². The highest BCUT2D eigenvalue weighted by Crippen LogP contribution is 2.43. The number of carbonyl (C=O) groups is 1. The number of urea groups is 1. The highest BCUT2D eigenvalue weighted by Gasteiger charge is 2.55. The number of amides is 2. The van der Waals surface area contributed by atoms with Crippen LogP contribution in [0.3, 0.4) is 0 Å². The van der Waals surface area contributed by atoms with Crippen LogP contribution in [0.2, 0.25) is 5.02 Å². The molecule has 2 aromatic rings. The third-order valence-electron chi connectivity index (χ3n) is 5.61. The van der Waals surface area contributed by atoms with Crippen LogP contribution in [-0.2, 0) is 0 Å². The third-order valence-corrected chi connectivity index (χ3v) is 5.84. The predicted octanol–water partition coefficient (Wildman–Crippen LogP) is 4.60. The van der Waals surface area contributed by atoms with E-state index < -0.39 is 5.54 Å². The molecule has 2 saturated heterocycles. The lowest BCUT2D eigenvalue weighted by Crippen LogP contribution is -2.49. The fraction of sp³-hybridized carbons (Fsp3) is 0.381. The average molecular weight is 388 g/mol. The summed E-state index contributed by atoms with van der Waals surface area (Å²) in [5.74, 6) is -0.216. The molecule has 0 radical (unpaired) electrons. The van der Waals surface area contributed by atoms with Crippen LogP contribution in [0, 0.1) is 5.82 Å². The maximum atomic E-state index is 14.3. The van der Waals surface area contributed by atoms with E-state index in [9.17, 15) is 9.18 Å². The van der Waals surface area contributed by atoms with Crippen molar-refractivity contribution in [3.8, 4) is 0 Å². The van der Waals surface area contributed by atoms with Gasteiger partial charge in [-0.05, 0) is 44.5 Å². The predicted molar refractivity (Wildman–Crippen MR) is 106 cm³/mol. The Kier molecular flexibility index (Phi) is 4.60. The van der Waals surface area contributed by atoms with Crippen LogP contribution in [0.15, 0.2) is 48.5 Å². The SMILES string of the molecule is CC(C)N1C[C@]2(CN[C@H](c3ccccc3F)C2)N(c2cccc(Cl)c2)C1=O. The normalized spacial score (nSPS) is 25.2. The Balaban J connectivity index is 1.73. The molecule has 0 unspecified atom stereocenters. The van der Waals surface area contributed by atoms with Gasteiger partial charge in [0.05, 0.1) is 5.54 Å². The van der Waals surface area contributed by atoms with Gasteiger partial charge in [-0.25, -0.2) is 9.18 Å². The fourth-order valence-corrected chi connectivity index (χ4v) is 4.48. The van der Waals surface area contributed by atoms with Crippen molar-refractivity contribution in [2.45, 2.75) is 37.9 Å². The molecule has 2 aliphatic rings. The molecule has 2 atom stereocenters. The van der Waals surface area contributed by atoms with Gasteiger partial charge >= 0.3 is 6.03 Å². The van der Waals surface area contributed by atoms with E-state index in [4.69, 9.17) is 11.6 Å². The van der Waals surface area contributed by atoms with E-state index in [1.54, 1.807) is 12.1 Å². The average Bonchev–Trinajstić information content (AvgIpc) is 3.17. The second kappa shape index (κ2) is 6.80. The van der Waals surface area contributed by atoms with Gasteiger partial charge in [-0.3, -0.25) is 4.90 Å². The molecule has 142 valence electrons. The molecular formula is C21H23ClFN3O. The summed E-state index contributed by atoms with van der Waals surface area (Å²) < 4.78 is 14.3. The monoisotopic (exact) mass is 387 g/mol. The second-order valence-electron chi connectivity index (χ2n) is 7.70. The Bertz CT molecular complexity index is 874. The van der Waals surface area contributed by atoms with Crippen molar-refractivity contribution in [1.82, 2.24) is 10.2 Å². The van der Waals surface area contributed by atoms with E-state index in [0.29, 0.717) is 30.1 Å².